The molecule has 1 heterocycles. The maximum absolute atomic E-state index is 12.3. The van der Waals surface area contributed by atoms with Crippen LogP contribution in [0, 0.1) is 6.92 Å². The average molecular weight is 323 g/mol. The summed E-state index contributed by atoms with van der Waals surface area (Å²) < 4.78 is 41.1. The summed E-state index contributed by atoms with van der Waals surface area (Å²) in [5.74, 6) is 0. The summed E-state index contributed by atoms with van der Waals surface area (Å²) in [6.07, 6.45) is -5.05. The minimum Gasteiger partial charge on any atom is -0.297 e. The van der Waals surface area contributed by atoms with Crippen molar-refractivity contribution in [1.82, 2.24) is 4.98 Å². The first-order chi connectivity index (χ1) is 5.95. The molecule has 0 spiro atoms. The highest BCUT2D eigenvalue weighted by atomic mass is 127. The van der Waals surface area contributed by atoms with Crippen LogP contribution in [0.1, 0.15) is 16.0 Å². The second-order valence-electron chi connectivity index (χ2n) is 2.29. The lowest BCUT2D eigenvalue weighted by Gasteiger charge is -2.14. The van der Waals surface area contributed by atoms with E-state index in [4.69, 9.17) is 0 Å². The van der Waals surface area contributed by atoms with Crippen LogP contribution in [0.3, 0.4) is 0 Å². The number of nitrogens with zero attached hydrogens (tertiary/aromatic N) is 1. The summed E-state index contributed by atoms with van der Waals surface area (Å²) in [4.78, 5) is 3.82. The molecular weight excluding hydrogens is 318 g/mol. The van der Waals surface area contributed by atoms with E-state index in [1.807, 2.05) is 0 Å². The Morgan fingerprint density at radius 3 is 2.54 bits per heavy atom. The second kappa shape index (κ2) is 4.09. The fraction of sp³-hybridized carbons (Fsp3) is 0.500. The SMILES string of the molecule is Cc1ncc([C@@H](OI)C(F)(F)F)s1. The third kappa shape index (κ3) is 2.78. The van der Waals surface area contributed by atoms with Gasteiger partial charge >= 0.3 is 6.18 Å². The van der Waals surface area contributed by atoms with Gasteiger partial charge in [-0.2, -0.15) is 13.2 Å². The smallest absolute Gasteiger partial charge is 0.297 e. The zero-order valence-electron chi connectivity index (χ0n) is 6.43. The molecule has 0 unspecified atom stereocenters. The predicted molar refractivity (Wildman–Crippen MR) is 50.8 cm³/mol. The Kier molecular flexibility index (Phi) is 3.52. The number of hydrogen-bond acceptors (Lipinski definition) is 3. The Bertz CT molecular complexity index is 288. The molecule has 1 aromatic heterocycles. The molecule has 1 aromatic rings. The summed E-state index contributed by atoms with van der Waals surface area (Å²) >= 11 is 2.23. The van der Waals surface area contributed by atoms with Crippen LogP contribution >= 0.6 is 34.3 Å². The molecule has 0 radical (unpaired) electrons. The number of alkyl halides is 3. The zero-order valence-corrected chi connectivity index (χ0v) is 9.40. The van der Waals surface area contributed by atoms with Gasteiger partial charge in [0.2, 0.25) is 6.10 Å². The molecule has 0 amide bonds. The molecule has 0 aliphatic carbocycles. The number of aryl methyl sites for hydroxylation is 1. The van der Waals surface area contributed by atoms with Crippen molar-refractivity contribution in [3.05, 3.63) is 16.1 Å². The van der Waals surface area contributed by atoms with E-state index in [2.05, 4.69) is 8.05 Å². The lowest BCUT2D eigenvalue weighted by molar-refractivity contribution is -0.188. The molecule has 0 saturated carbocycles. The third-order valence-corrected chi connectivity index (χ3v) is 2.75. The molecule has 0 fully saturated rings. The minimum atomic E-state index is -4.37. The van der Waals surface area contributed by atoms with Gasteiger partial charge in [-0.15, -0.1) is 11.3 Å². The fourth-order valence-electron chi connectivity index (χ4n) is 0.755. The topological polar surface area (TPSA) is 22.1 Å². The van der Waals surface area contributed by atoms with Gasteiger partial charge in [0.1, 0.15) is 23.0 Å². The van der Waals surface area contributed by atoms with Crippen LogP contribution in [0.5, 0.6) is 0 Å². The van der Waals surface area contributed by atoms with Crippen LogP contribution in [-0.4, -0.2) is 11.2 Å². The summed E-state index contributed by atoms with van der Waals surface area (Å²) in [5, 5.41) is 0.595. The molecule has 0 bridgehead atoms. The van der Waals surface area contributed by atoms with Gasteiger partial charge in [-0.25, -0.2) is 4.98 Å². The maximum atomic E-state index is 12.3. The van der Waals surface area contributed by atoms with Crippen LogP contribution in [0.4, 0.5) is 13.2 Å². The Labute approximate surface area is 90.8 Å². The Hall–Kier alpha value is 0.110. The Morgan fingerprint density at radius 2 is 2.23 bits per heavy atom. The van der Waals surface area contributed by atoms with Gasteiger partial charge in [0, 0.05) is 6.20 Å². The van der Waals surface area contributed by atoms with Gasteiger partial charge < -0.3 is 0 Å². The van der Waals surface area contributed by atoms with E-state index < -0.39 is 12.3 Å². The van der Waals surface area contributed by atoms with E-state index in [0.717, 1.165) is 11.3 Å². The molecule has 1 atom stereocenters. The van der Waals surface area contributed by atoms with Gasteiger partial charge in [0.25, 0.3) is 0 Å². The molecule has 0 saturated heterocycles. The molecule has 7 heteroatoms. The third-order valence-electron chi connectivity index (χ3n) is 1.28. The van der Waals surface area contributed by atoms with Gasteiger partial charge in [0.05, 0.1) is 9.88 Å². The van der Waals surface area contributed by atoms with Gasteiger partial charge in [-0.3, -0.25) is 3.07 Å². The fourth-order valence-corrected chi connectivity index (χ4v) is 2.33. The highest BCUT2D eigenvalue weighted by molar-refractivity contribution is 14.1. The Morgan fingerprint density at radius 1 is 1.62 bits per heavy atom. The lowest BCUT2D eigenvalue weighted by atomic mass is 10.3. The average Bonchev–Trinajstić information content (AvgIpc) is 2.34. The second-order valence-corrected chi connectivity index (χ2v) is 4.07. The van der Waals surface area contributed by atoms with E-state index in [1.54, 1.807) is 6.92 Å². The molecule has 13 heavy (non-hydrogen) atoms. The Balaban J connectivity index is 2.91. The van der Waals surface area contributed by atoms with Crippen LogP contribution in [0.25, 0.3) is 0 Å². The first kappa shape index (κ1) is 11.2. The van der Waals surface area contributed by atoms with Crippen molar-refractivity contribution in [2.75, 3.05) is 0 Å². The highest BCUT2D eigenvalue weighted by Crippen LogP contribution is 2.39. The number of hydrogen-bond donors (Lipinski definition) is 0. The van der Waals surface area contributed by atoms with Crippen LogP contribution in [0.15, 0.2) is 6.20 Å². The molecule has 0 aromatic carbocycles. The van der Waals surface area contributed by atoms with Gasteiger partial charge in [-0.05, 0) is 6.92 Å². The number of rotatable bonds is 2. The van der Waals surface area contributed by atoms with E-state index in [1.165, 1.54) is 29.2 Å². The van der Waals surface area contributed by atoms with Crippen molar-refractivity contribution in [3.63, 3.8) is 0 Å². The van der Waals surface area contributed by atoms with Crippen molar-refractivity contribution in [2.45, 2.75) is 19.2 Å². The number of halogens is 4. The monoisotopic (exact) mass is 323 g/mol. The van der Waals surface area contributed by atoms with E-state index in [9.17, 15) is 13.2 Å². The molecule has 0 aliphatic heterocycles. The molecule has 74 valence electrons. The molecule has 2 nitrogen and oxygen atoms in total. The summed E-state index contributed by atoms with van der Waals surface area (Å²) in [5.41, 5.74) is 0. The number of aromatic nitrogens is 1. The van der Waals surface area contributed by atoms with Gasteiger partial charge in [-0.1, -0.05) is 0 Å². The van der Waals surface area contributed by atoms with Crippen LogP contribution < -0.4 is 0 Å². The van der Waals surface area contributed by atoms with Crippen LogP contribution in [0.2, 0.25) is 0 Å². The molecular formula is C6H5F3INOS. The first-order valence-electron chi connectivity index (χ1n) is 3.21. The molecule has 0 N–H and O–H groups in total. The van der Waals surface area contributed by atoms with Crippen molar-refractivity contribution in [1.29, 1.82) is 0 Å². The highest BCUT2D eigenvalue weighted by Gasteiger charge is 2.43. The zero-order chi connectivity index (χ0) is 10.1. The largest absolute Gasteiger partial charge is 0.420 e. The van der Waals surface area contributed by atoms with Crippen LogP contribution in [-0.2, 0) is 3.07 Å². The summed E-state index contributed by atoms with van der Waals surface area (Å²) in [6.45, 7) is 1.65. The summed E-state index contributed by atoms with van der Waals surface area (Å²) in [7, 11) is 0. The van der Waals surface area contributed by atoms with Crippen molar-refractivity contribution < 1.29 is 16.2 Å². The molecule has 1 rings (SSSR count). The number of thiazole rings is 1. The van der Waals surface area contributed by atoms with Crippen molar-refractivity contribution >= 4 is 34.3 Å². The standard InChI is InChI=1S/C6H5F3INOS/c1-3-11-2-4(13-3)5(12-10)6(7,8)9/h2,5H,1H3/t5-/m1/s1. The molecule has 0 aliphatic rings. The quantitative estimate of drug-likeness (QED) is 0.778. The van der Waals surface area contributed by atoms with Crippen molar-refractivity contribution in [2.24, 2.45) is 0 Å². The van der Waals surface area contributed by atoms with E-state index >= 15 is 0 Å². The van der Waals surface area contributed by atoms with E-state index in [0.29, 0.717) is 5.01 Å². The minimum absolute atomic E-state index is 0.0828. The summed E-state index contributed by atoms with van der Waals surface area (Å²) in [6, 6.07) is 0. The van der Waals surface area contributed by atoms with Crippen molar-refractivity contribution in [3.8, 4) is 0 Å². The van der Waals surface area contributed by atoms with E-state index in [-0.39, 0.29) is 4.88 Å². The lowest BCUT2D eigenvalue weighted by Crippen LogP contribution is -2.19. The first-order valence-corrected chi connectivity index (χ1v) is 4.91. The van der Waals surface area contributed by atoms with Gasteiger partial charge in [0.15, 0.2) is 0 Å². The maximum Gasteiger partial charge on any atom is 0.420 e. The predicted octanol–water partition coefficient (Wildman–Crippen LogP) is 3.42. The normalized spacial score (nSPS) is 14.5.